The molecule has 1 heterocycles. The van der Waals surface area contributed by atoms with E-state index < -0.39 is 17.6 Å². The van der Waals surface area contributed by atoms with E-state index in [0.29, 0.717) is 5.56 Å². The van der Waals surface area contributed by atoms with Crippen molar-refractivity contribution in [1.29, 1.82) is 5.26 Å². The summed E-state index contributed by atoms with van der Waals surface area (Å²) in [6, 6.07) is 17.6. The number of nitriles is 1. The number of rotatable bonds is 4. The Hall–Kier alpha value is -3.79. The zero-order chi connectivity index (χ0) is 21.9. The maximum absolute atomic E-state index is 12.9. The van der Waals surface area contributed by atoms with Gasteiger partial charge in [0.05, 0.1) is 5.56 Å². The van der Waals surface area contributed by atoms with Crippen molar-refractivity contribution in [2.75, 3.05) is 5.32 Å². The Bertz CT molecular complexity index is 1150. The topological polar surface area (TPSA) is 57.8 Å². The van der Waals surface area contributed by atoms with Crippen molar-refractivity contribution >= 4 is 17.7 Å². The van der Waals surface area contributed by atoms with Crippen molar-refractivity contribution < 1.29 is 18.0 Å². The lowest BCUT2D eigenvalue weighted by atomic mass is 10.1. The molecule has 0 aliphatic heterocycles. The SMILES string of the molecule is Cc1cc(/C=C(\C#N)C(=O)Nc2cccc(C(F)(F)F)c2)c(C)n1-c1ccccc1. The van der Waals surface area contributed by atoms with Crippen LogP contribution in [0, 0.1) is 25.2 Å². The van der Waals surface area contributed by atoms with Gasteiger partial charge in [-0.15, -0.1) is 0 Å². The lowest BCUT2D eigenvalue weighted by molar-refractivity contribution is -0.137. The van der Waals surface area contributed by atoms with Crippen LogP contribution in [0.3, 0.4) is 0 Å². The second-order valence-electron chi connectivity index (χ2n) is 6.70. The third kappa shape index (κ3) is 4.44. The first-order chi connectivity index (χ1) is 14.2. The summed E-state index contributed by atoms with van der Waals surface area (Å²) < 4.78 is 40.6. The second kappa shape index (κ2) is 8.29. The Morgan fingerprint density at radius 1 is 1.07 bits per heavy atom. The molecule has 4 nitrogen and oxygen atoms in total. The van der Waals surface area contributed by atoms with Gasteiger partial charge in [0.2, 0.25) is 0 Å². The van der Waals surface area contributed by atoms with Gasteiger partial charge >= 0.3 is 6.18 Å². The molecule has 0 aliphatic carbocycles. The van der Waals surface area contributed by atoms with E-state index in [4.69, 9.17) is 0 Å². The van der Waals surface area contributed by atoms with Gasteiger partial charge in [0.1, 0.15) is 11.6 Å². The summed E-state index contributed by atoms with van der Waals surface area (Å²) in [5.41, 5.74) is 2.24. The predicted octanol–water partition coefficient (Wildman–Crippen LogP) is 5.66. The first-order valence-electron chi connectivity index (χ1n) is 9.05. The molecule has 2 aromatic carbocycles. The highest BCUT2D eigenvalue weighted by Gasteiger charge is 2.30. The Morgan fingerprint density at radius 3 is 2.40 bits per heavy atom. The lowest BCUT2D eigenvalue weighted by Gasteiger charge is -2.10. The maximum Gasteiger partial charge on any atom is 0.416 e. The molecule has 30 heavy (non-hydrogen) atoms. The van der Waals surface area contributed by atoms with E-state index in [1.165, 1.54) is 18.2 Å². The van der Waals surface area contributed by atoms with Crippen LogP contribution in [0.2, 0.25) is 0 Å². The predicted molar refractivity (Wildman–Crippen MR) is 109 cm³/mol. The van der Waals surface area contributed by atoms with Crippen molar-refractivity contribution in [3.63, 3.8) is 0 Å². The fourth-order valence-corrected chi connectivity index (χ4v) is 3.18. The molecule has 0 atom stereocenters. The minimum Gasteiger partial charge on any atom is -0.321 e. The van der Waals surface area contributed by atoms with Gasteiger partial charge in [-0.2, -0.15) is 18.4 Å². The van der Waals surface area contributed by atoms with E-state index in [0.717, 1.165) is 29.2 Å². The monoisotopic (exact) mass is 409 g/mol. The molecule has 3 rings (SSSR count). The standard InChI is InChI=1S/C23H18F3N3O/c1-15-11-17(16(2)29(15)21-9-4-3-5-10-21)12-18(14-27)22(30)28-20-8-6-7-19(13-20)23(24,25)26/h3-13H,1-2H3,(H,28,30)/b18-12+. The zero-order valence-electron chi connectivity index (χ0n) is 16.3. The number of carbonyl (C=O) groups excluding carboxylic acids is 1. The molecule has 1 N–H and O–H groups in total. The maximum atomic E-state index is 12.9. The van der Waals surface area contributed by atoms with E-state index in [2.05, 4.69) is 5.32 Å². The number of nitrogens with zero attached hydrogens (tertiary/aromatic N) is 2. The average Bonchev–Trinajstić information content (AvgIpc) is 2.99. The molecule has 3 aromatic rings. The van der Waals surface area contributed by atoms with Gasteiger partial charge in [-0.05, 0) is 61.9 Å². The number of alkyl halides is 3. The van der Waals surface area contributed by atoms with Crippen molar-refractivity contribution in [1.82, 2.24) is 4.57 Å². The molecule has 1 amide bonds. The van der Waals surface area contributed by atoms with Gasteiger partial charge in [0.15, 0.2) is 0 Å². The highest BCUT2D eigenvalue weighted by atomic mass is 19.4. The third-order valence-corrected chi connectivity index (χ3v) is 4.60. The van der Waals surface area contributed by atoms with Crippen molar-refractivity contribution in [3.8, 4) is 11.8 Å². The highest BCUT2D eigenvalue weighted by molar-refractivity contribution is 6.09. The van der Waals surface area contributed by atoms with Crippen LogP contribution in [-0.2, 0) is 11.0 Å². The largest absolute Gasteiger partial charge is 0.416 e. The Balaban J connectivity index is 1.90. The number of aryl methyl sites for hydroxylation is 1. The number of benzene rings is 2. The van der Waals surface area contributed by atoms with Gasteiger partial charge in [0.25, 0.3) is 5.91 Å². The second-order valence-corrected chi connectivity index (χ2v) is 6.70. The molecule has 152 valence electrons. The van der Waals surface area contributed by atoms with Gasteiger partial charge < -0.3 is 9.88 Å². The number of para-hydroxylation sites is 1. The third-order valence-electron chi connectivity index (χ3n) is 4.60. The average molecular weight is 409 g/mol. The minimum atomic E-state index is -4.52. The molecule has 0 saturated carbocycles. The Morgan fingerprint density at radius 2 is 1.77 bits per heavy atom. The molecular weight excluding hydrogens is 391 g/mol. The smallest absolute Gasteiger partial charge is 0.321 e. The van der Waals surface area contributed by atoms with Crippen LogP contribution in [0.1, 0.15) is 22.5 Å². The summed E-state index contributed by atoms with van der Waals surface area (Å²) in [6.07, 6.45) is -3.09. The number of nitrogens with one attached hydrogen (secondary N) is 1. The molecule has 0 radical (unpaired) electrons. The molecule has 0 unspecified atom stereocenters. The fraction of sp³-hybridized carbons (Fsp3) is 0.130. The summed E-state index contributed by atoms with van der Waals surface area (Å²) in [4.78, 5) is 12.5. The highest BCUT2D eigenvalue weighted by Crippen LogP contribution is 2.31. The minimum absolute atomic E-state index is 0.0364. The molecule has 0 saturated heterocycles. The first kappa shape index (κ1) is 20.9. The number of halogens is 3. The van der Waals surface area contributed by atoms with Crippen LogP contribution in [0.25, 0.3) is 11.8 Å². The van der Waals surface area contributed by atoms with Gasteiger partial charge in [-0.1, -0.05) is 24.3 Å². The molecule has 0 spiro atoms. The van der Waals surface area contributed by atoms with Crippen molar-refractivity contribution in [3.05, 3.63) is 88.8 Å². The van der Waals surface area contributed by atoms with Crippen molar-refractivity contribution in [2.45, 2.75) is 20.0 Å². The molecule has 0 bridgehead atoms. The molecule has 0 aliphatic rings. The van der Waals surface area contributed by atoms with Gasteiger partial charge in [-0.3, -0.25) is 4.79 Å². The van der Waals surface area contributed by atoms with E-state index in [-0.39, 0.29) is 11.3 Å². The molecule has 1 aromatic heterocycles. The zero-order valence-corrected chi connectivity index (χ0v) is 16.3. The first-order valence-corrected chi connectivity index (χ1v) is 9.05. The number of carbonyl (C=O) groups is 1. The lowest BCUT2D eigenvalue weighted by Crippen LogP contribution is -2.14. The summed E-state index contributed by atoms with van der Waals surface area (Å²) in [5.74, 6) is -0.777. The number of hydrogen-bond acceptors (Lipinski definition) is 2. The number of hydrogen-bond donors (Lipinski definition) is 1. The Kier molecular flexibility index (Phi) is 5.79. The normalized spacial score (nSPS) is 11.8. The number of anilines is 1. The molecule has 0 fully saturated rings. The van der Waals surface area contributed by atoms with Gasteiger partial charge in [0, 0.05) is 22.8 Å². The summed E-state index contributed by atoms with van der Waals surface area (Å²) in [5, 5.41) is 11.8. The number of aromatic nitrogens is 1. The Labute approximate surface area is 171 Å². The summed E-state index contributed by atoms with van der Waals surface area (Å²) in [7, 11) is 0. The van der Waals surface area contributed by atoms with E-state index in [1.807, 2.05) is 60.9 Å². The number of amides is 1. The van der Waals surface area contributed by atoms with E-state index in [9.17, 15) is 23.2 Å². The van der Waals surface area contributed by atoms with E-state index in [1.54, 1.807) is 0 Å². The van der Waals surface area contributed by atoms with Crippen LogP contribution in [0.4, 0.5) is 18.9 Å². The fourth-order valence-electron chi connectivity index (χ4n) is 3.18. The van der Waals surface area contributed by atoms with Crippen molar-refractivity contribution in [2.24, 2.45) is 0 Å². The summed E-state index contributed by atoms with van der Waals surface area (Å²) in [6.45, 7) is 3.78. The van der Waals surface area contributed by atoms with Crippen LogP contribution >= 0.6 is 0 Å². The molecule has 7 heteroatoms. The van der Waals surface area contributed by atoms with E-state index >= 15 is 0 Å². The van der Waals surface area contributed by atoms with Gasteiger partial charge in [-0.25, -0.2) is 0 Å². The molecular formula is C23H18F3N3O. The van der Waals surface area contributed by atoms with Crippen LogP contribution in [-0.4, -0.2) is 10.5 Å². The van der Waals surface area contributed by atoms with Crippen LogP contribution in [0.15, 0.2) is 66.2 Å². The van der Waals surface area contributed by atoms with Crippen LogP contribution in [0.5, 0.6) is 0 Å². The van der Waals surface area contributed by atoms with Crippen LogP contribution < -0.4 is 5.32 Å². The quantitative estimate of drug-likeness (QED) is 0.447. The summed E-state index contributed by atoms with van der Waals surface area (Å²) >= 11 is 0.